The molecule has 150 valence electrons. The van der Waals surface area contributed by atoms with E-state index in [2.05, 4.69) is 6.92 Å². The summed E-state index contributed by atoms with van der Waals surface area (Å²) in [7, 11) is -3.91. The predicted octanol–water partition coefficient (Wildman–Crippen LogP) is 4.10. The Morgan fingerprint density at radius 3 is 2.61 bits per heavy atom. The lowest BCUT2D eigenvalue weighted by Gasteiger charge is -2.33. The Balaban J connectivity index is 2.00. The second-order valence-electron chi connectivity index (χ2n) is 7.34. The van der Waals surface area contributed by atoms with E-state index in [-0.39, 0.29) is 17.3 Å². The number of nitrogens with zero attached hydrogens (tertiary/aromatic N) is 2. The number of amides is 1. The number of hydrogen-bond donors (Lipinski definition) is 0. The van der Waals surface area contributed by atoms with Crippen LogP contribution in [-0.2, 0) is 14.8 Å². The highest BCUT2D eigenvalue weighted by Crippen LogP contribution is 2.30. The van der Waals surface area contributed by atoms with Crippen molar-refractivity contribution >= 4 is 33.2 Å². The molecule has 3 rings (SSSR count). The molecule has 0 spiro atoms. The van der Waals surface area contributed by atoms with Gasteiger partial charge in [-0.25, -0.2) is 8.42 Å². The van der Waals surface area contributed by atoms with E-state index in [9.17, 15) is 13.2 Å². The molecular formula is C21H25ClN2O3S. The van der Waals surface area contributed by atoms with Gasteiger partial charge in [-0.2, -0.15) is 0 Å². The highest BCUT2D eigenvalue weighted by molar-refractivity contribution is 7.92. The van der Waals surface area contributed by atoms with Crippen LogP contribution in [0.1, 0.15) is 25.3 Å². The Labute approximate surface area is 172 Å². The Hall–Kier alpha value is -2.05. The lowest BCUT2D eigenvalue weighted by atomic mass is 10.0. The summed E-state index contributed by atoms with van der Waals surface area (Å²) in [5.41, 5.74) is 1.17. The zero-order valence-corrected chi connectivity index (χ0v) is 17.7. The molecule has 2 aromatic rings. The van der Waals surface area contributed by atoms with E-state index in [1.165, 1.54) is 16.4 Å². The molecule has 0 aromatic heterocycles. The maximum Gasteiger partial charge on any atom is 0.264 e. The molecule has 0 saturated carbocycles. The fourth-order valence-corrected chi connectivity index (χ4v) is 5.17. The Kier molecular flexibility index (Phi) is 6.30. The highest BCUT2D eigenvalue weighted by atomic mass is 35.5. The monoisotopic (exact) mass is 420 g/mol. The maximum absolute atomic E-state index is 13.4. The Morgan fingerprint density at radius 1 is 1.21 bits per heavy atom. The average Bonchev–Trinajstić information content (AvgIpc) is 2.68. The molecule has 0 bridgehead atoms. The van der Waals surface area contributed by atoms with Gasteiger partial charge in [0.15, 0.2) is 0 Å². The summed E-state index contributed by atoms with van der Waals surface area (Å²) in [5, 5.41) is 0.424. The number of piperidine rings is 1. The van der Waals surface area contributed by atoms with Crippen LogP contribution >= 0.6 is 11.6 Å². The van der Waals surface area contributed by atoms with Gasteiger partial charge < -0.3 is 4.90 Å². The molecule has 0 radical (unpaired) electrons. The normalized spacial score (nSPS) is 17.4. The van der Waals surface area contributed by atoms with Gasteiger partial charge in [-0.1, -0.05) is 42.8 Å². The number of aryl methyl sites for hydroxylation is 1. The van der Waals surface area contributed by atoms with Crippen molar-refractivity contribution in [3.63, 3.8) is 0 Å². The SMILES string of the molecule is Cc1ccc(Cl)cc1N(CC(=O)N1CCC[C@H](C)C1)S(=O)(=O)c1ccccc1. The molecule has 0 unspecified atom stereocenters. The first-order chi connectivity index (χ1) is 13.3. The zero-order chi connectivity index (χ0) is 20.3. The molecule has 1 heterocycles. The van der Waals surface area contributed by atoms with E-state index in [4.69, 9.17) is 11.6 Å². The quantitative estimate of drug-likeness (QED) is 0.731. The van der Waals surface area contributed by atoms with Crippen molar-refractivity contribution in [2.75, 3.05) is 23.9 Å². The first kappa shape index (κ1) is 20.7. The van der Waals surface area contributed by atoms with Crippen molar-refractivity contribution in [3.05, 3.63) is 59.1 Å². The summed E-state index contributed by atoms with van der Waals surface area (Å²) >= 11 is 6.14. The number of anilines is 1. The molecule has 2 aromatic carbocycles. The number of likely N-dealkylation sites (tertiary alicyclic amines) is 1. The van der Waals surface area contributed by atoms with Crippen LogP contribution < -0.4 is 4.31 Å². The fraction of sp³-hybridized carbons (Fsp3) is 0.381. The molecule has 1 atom stereocenters. The van der Waals surface area contributed by atoms with E-state index < -0.39 is 10.0 Å². The van der Waals surface area contributed by atoms with Gasteiger partial charge in [-0.15, -0.1) is 0 Å². The molecule has 1 saturated heterocycles. The molecule has 1 aliphatic rings. The summed E-state index contributed by atoms with van der Waals surface area (Å²) in [6.07, 6.45) is 2.03. The minimum absolute atomic E-state index is 0.147. The highest BCUT2D eigenvalue weighted by Gasteiger charge is 2.31. The number of sulfonamides is 1. The zero-order valence-electron chi connectivity index (χ0n) is 16.1. The van der Waals surface area contributed by atoms with Gasteiger partial charge in [0.1, 0.15) is 6.54 Å². The minimum atomic E-state index is -3.91. The van der Waals surface area contributed by atoms with Gasteiger partial charge >= 0.3 is 0 Å². The maximum atomic E-state index is 13.4. The smallest absolute Gasteiger partial charge is 0.264 e. The standard InChI is InChI=1S/C21H25ClN2O3S/c1-16-7-6-12-23(14-16)21(25)15-24(20-13-18(22)11-10-17(20)2)28(26,27)19-8-4-3-5-9-19/h3-5,8-11,13,16H,6-7,12,14-15H2,1-2H3/t16-/m0/s1. The topological polar surface area (TPSA) is 57.7 Å². The van der Waals surface area contributed by atoms with Gasteiger partial charge in [0, 0.05) is 18.1 Å². The minimum Gasteiger partial charge on any atom is -0.341 e. The number of carbonyl (C=O) groups excluding carboxylic acids is 1. The van der Waals surface area contributed by atoms with Crippen molar-refractivity contribution in [1.82, 2.24) is 4.90 Å². The molecular weight excluding hydrogens is 396 g/mol. The van der Waals surface area contributed by atoms with Gasteiger partial charge in [0.05, 0.1) is 10.6 Å². The van der Waals surface area contributed by atoms with Crippen LogP contribution in [0.2, 0.25) is 5.02 Å². The van der Waals surface area contributed by atoms with Crippen LogP contribution in [0.15, 0.2) is 53.4 Å². The third kappa shape index (κ3) is 4.50. The van der Waals surface area contributed by atoms with E-state index in [1.54, 1.807) is 41.3 Å². The van der Waals surface area contributed by atoms with E-state index in [1.807, 2.05) is 6.92 Å². The van der Waals surface area contributed by atoms with Crippen LogP contribution in [0, 0.1) is 12.8 Å². The van der Waals surface area contributed by atoms with Gasteiger partial charge in [-0.05, 0) is 55.5 Å². The average molecular weight is 421 g/mol. The molecule has 0 N–H and O–H groups in total. The largest absolute Gasteiger partial charge is 0.341 e. The van der Waals surface area contributed by atoms with Crippen molar-refractivity contribution in [1.29, 1.82) is 0 Å². The third-order valence-electron chi connectivity index (χ3n) is 5.06. The molecule has 1 fully saturated rings. The molecule has 1 amide bonds. The van der Waals surface area contributed by atoms with Gasteiger partial charge in [0.2, 0.25) is 5.91 Å². The number of halogens is 1. The predicted molar refractivity (Wildman–Crippen MR) is 112 cm³/mol. The summed E-state index contributed by atoms with van der Waals surface area (Å²) < 4.78 is 28.0. The first-order valence-electron chi connectivity index (χ1n) is 9.41. The lowest BCUT2D eigenvalue weighted by Crippen LogP contribution is -2.46. The first-order valence-corrected chi connectivity index (χ1v) is 11.2. The second-order valence-corrected chi connectivity index (χ2v) is 9.64. The molecule has 7 heteroatoms. The van der Waals surface area contributed by atoms with E-state index >= 15 is 0 Å². The van der Waals surface area contributed by atoms with Crippen molar-refractivity contribution in [3.8, 4) is 0 Å². The van der Waals surface area contributed by atoms with Gasteiger partial charge in [0.25, 0.3) is 10.0 Å². The molecule has 0 aliphatic carbocycles. The Bertz CT molecular complexity index is 947. The lowest BCUT2D eigenvalue weighted by molar-refractivity contribution is -0.131. The van der Waals surface area contributed by atoms with Crippen molar-refractivity contribution in [2.45, 2.75) is 31.6 Å². The summed E-state index contributed by atoms with van der Waals surface area (Å²) in [6, 6.07) is 13.2. The second kappa shape index (κ2) is 8.53. The summed E-state index contributed by atoms with van der Waals surface area (Å²) in [5.74, 6) is 0.232. The van der Waals surface area contributed by atoms with Crippen LogP contribution in [0.4, 0.5) is 5.69 Å². The number of hydrogen-bond acceptors (Lipinski definition) is 3. The van der Waals surface area contributed by atoms with E-state index in [0.717, 1.165) is 18.4 Å². The molecule has 5 nitrogen and oxygen atoms in total. The third-order valence-corrected chi connectivity index (χ3v) is 7.07. The van der Waals surface area contributed by atoms with Crippen LogP contribution in [0.3, 0.4) is 0 Å². The number of benzene rings is 2. The van der Waals surface area contributed by atoms with Crippen molar-refractivity contribution in [2.24, 2.45) is 5.92 Å². The summed E-state index contributed by atoms with van der Waals surface area (Å²) in [4.78, 5) is 14.9. The van der Waals surface area contributed by atoms with Crippen LogP contribution in [0.25, 0.3) is 0 Å². The molecule has 28 heavy (non-hydrogen) atoms. The number of rotatable bonds is 5. The van der Waals surface area contributed by atoms with Gasteiger partial charge in [-0.3, -0.25) is 9.10 Å². The van der Waals surface area contributed by atoms with Crippen LogP contribution in [0.5, 0.6) is 0 Å². The molecule has 1 aliphatic heterocycles. The fourth-order valence-electron chi connectivity index (χ4n) is 3.51. The van der Waals surface area contributed by atoms with Crippen LogP contribution in [-0.4, -0.2) is 38.9 Å². The summed E-state index contributed by atoms with van der Waals surface area (Å²) in [6.45, 7) is 5.00. The number of carbonyl (C=O) groups is 1. The Morgan fingerprint density at radius 2 is 1.93 bits per heavy atom. The van der Waals surface area contributed by atoms with Crippen molar-refractivity contribution < 1.29 is 13.2 Å². The van der Waals surface area contributed by atoms with E-state index in [0.29, 0.717) is 29.7 Å².